The van der Waals surface area contributed by atoms with Crippen molar-refractivity contribution in [3.8, 4) is 11.5 Å². The van der Waals surface area contributed by atoms with Crippen LogP contribution in [0.4, 0.5) is 34.1 Å². The Morgan fingerprint density at radius 1 is 0.304 bits per heavy atom. The number of hydrogen-bond acceptors (Lipinski definition) is 3. The van der Waals surface area contributed by atoms with Crippen LogP contribution >= 0.6 is 0 Å². The van der Waals surface area contributed by atoms with Gasteiger partial charge in [-0.2, -0.15) is 0 Å². The molecule has 0 radical (unpaired) electrons. The van der Waals surface area contributed by atoms with E-state index in [-0.39, 0.29) is 0 Å². The highest BCUT2D eigenvalue weighted by molar-refractivity contribution is 5.79. The van der Waals surface area contributed by atoms with Gasteiger partial charge in [0.2, 0.25) is 0 Å². The minimum atomic E-state index is 0.792. The number of ether oxygens (including phenoxy) is 1. The molecule has 0 aliphatic carbocycles. The summed E-state index contributed by atoms with van der Waals surface area (Å²) in [6.45, 7) is 15.1. The molecule has 46 heavy (non-hydrogen) atoms. The van der Waals surface area contributed by atoms with E-state index >= 15 is 0 Å². The van der Waals surface area contributed by atoms with Gasteiger partial charge >= 0.3 is 0 Å². The molecule has 0 heterocycles. The highest BCUT2D eigenvalue weighted by Crippen LogP contribution is 2.39. The Balaban J connectivity index is 1.27. The highest BCUT2D eigenvalue weighted by Gasteiger charge is 2.16. The van der Waals surface area contributed by atoms with Gasteiger partial charge in [0, 0.05) is 34.1 Å². The largest absolute Gasteiger partial charge is 0.457 e. The third-order valence-corrected chi connectivity index (χ3v) is 8.96. The van der Waals surface area contributed by atoms with Crippen molar-refractivity contribution in [1.82, 2.24) is 0 Å². The van der Waals surface area contributed by atoms with Gasteiger partial charge in [-0.15, -0.1) is 0 Å². The zero-order valence-corrected chi connectivity index (χ0v) is 27.9. The van der Waals surface area contributed by atoms with Gasteiger partial charge in [0.15, 0.2) is 0 Å². The lowest BCUT2D eigenvalue weighted by Gasteiger charge is -2.27. The molecule has 0 fully saturated rings. The lowest BCUT2D eigenvalue weighted by molar-refractivity contribution is 0.483. The fraction of sp³-hybridized carbons (Fsp3) is 0.163. The minimum absolute atomic E-state index is 0.792. The fourth-order valence-electron chi connectivity index (χ4n) is 5.64. The van der Waals surface area contributed by atoms with Gasteiger partial charge in [0.05, 0.1) is 0 Å². The van der Waals surface area contributed by atoms with Crippen LogP contribution in [0.3, 0.4) is 0 Å². The summed E-state index contributed by atoms with van der Waals surface area (Å²) in [5.74, 6) is 1.58. The first-order valence-corrected chi connectivity index (χ1v) is 15.9. The first-order chi connectivity index (χ1) is 22.2. The normalized spacial score (nSPS) is 10.9. The van der Waals surface area contributed by atoms with E-state index in [4.69, 9.17) is 4.74 Å². The Bertz CT molecular complexity index is 1920. The molecule has 0 saturated carbocycles. The average Bonchev–Trinajstić information content (AvgIpc) is 3.05. The fourth-order valence-corrected chi connectivity index (χ4v) is 5.64. The van der Waals surface area contributed by atoms with E-state index in [1.54, 1.807) is 0 Å². The third kappa shape index (κ3) is 6.55. The number of hydrogen-bond donors (Lipinski definition) is 0. The topological polar surface area (TPSA) is 15.7 Å². The molecule has 0 spiro atoms. The summed E-state index contributed by atoms with van der Waals surface area (Å²) in [6, 6.07) is 45.3. The van der Waals surface area contributed by atoms with Crippen LogP contribution in [0.1, 0.15) is 38.9 Å². The Kier molecular flexibility index (Phi) is 8.68. The summed E-state index contributed by atoms with van der Waals surface area (Å²) in [6.07, 6.45) is 0. The molecular weight excluding hydrogens is 560 g/mol. The van der Waals surface area contributed by atoms with Crippen molar-refractivity contribution in [1.29, 1.82) is 0 Å². The van der Waals surface area contributed by atoms with Crippen LogP contribution in [0, 0.1) is 48.5 Å². The second-order valence-corrected chi connectivity index (χ2v) is 12.4. The molecule has 0 aromatic heterocycles. The minimum Gasteiger partial charge on any atom is -0.457 e. The van der Waals surface area contributed by atoms with Crippen molar-refractivity contribution in [2.45, 2.75) is 48.5 Å². The Morgan fingerprint density at radius 3 is 0.913 bits per heavy atom. The van der Waals surface area contributed by atoms with Crippen LogP contribution in [-0.4, -0.2) is 0 Å². The molecule has 3 heteroatoms. The Hall–Kier alpha value is -5.28. The summed E-state index contributed by atoms with van der Waals surface area (Å²) in [7, 11) is 0. The third-order valence-electron chi connectivity index (χ3n) is 8.96. The van der Waals surface area contributed by atoms with Gasteiger partial charge in [0.1, 0.15) is 11.5 Å². The van der Waals surface area contributed by atoms with Gasteiger partial charge in [-0.1, -0.05) is 35.9 Å². The van der Waals surface area contributed by atoms with E-state index in [1.165, 1.54) is 38.9 Å². The molecule has 0 unspecified atom stereocenters. The molecule has 230 valence electrons. The lowest BCUT2D eigenvalue weighted by atomic mass is 10.1. The van der Waals surface area contributed by atoms with Crippen LogP contribution in [0.5, 0.6) is 11.5 Å². The van der Waals surface area contributed by atoms with E-state index in [0.29, 0.717) is 0 Å². The Labute approximate surface area is 274 Å². The SMILES string of the molecule is Cc1ccc(N(c2ccc(Oc3ccc(N(c4ccc(C)c(C)c4)c4ccc(C)c(C)c4)cc3)cc2)c2ccc(C)c(C)c2)cc1. The van der Waals surface area contributed by atoms with Crippen molar-refractivity contribution >= 4 is 34.1 Å². The molecule has 6 aromatic rings. The maximum Gasteiger partial charge on any atom is 0.127 e. The van der Waals surface area contributed by atoms with Crippen molar-refractivity contribution < 1.29 is 4.74 Å². The van der Waals surface area contributed by atoms with Gasteiger partial charge in [-0.3, -0.25) is 0 Å². The average molecular weight is 603 g/mol. The quantitative estimate of drug-likeness (QED) is 0.172. The summed E-state index contributed by atoms with van der Waals surface area (Å²) >= 11 is 0. The second kappa shape index (κ2) is 13.0. The molecule has 0 atom stereocenters. The van der Waals surface area contributed by atoms with Crippen LogP contribution in [0.25, 0.3) is 0 Å². The Morgan fingerprint density at radius 2 is 0.587 bits per heavy atom. The number of aryl methyl sites for hydroxylation is 7. The van der Waals surface area contributed by atoms with E-state index in [9.17, 15) is 0 Å². The van der Waals surface area contributed by atoms with Crippen LogP contribution < -0.4 is 14.5 Å². The predicted octanol–water partition coefficient (Wildman–Crippen LogP) is 12.6. The van der Waals surface area contributed by atoms with Gasteiger partial charge < -0.3 is 14.5 Å². The number of anilines is 6. The van der Waals surface area contributed by atoms with E-state index in [1.807, 2.05) is 24.3 Å². The molecule has 0 aliphatic heterocycles. The molecule has 3 nitrogen and oxygen atoms in total. The molecular formula is C43H42N2O. The molecule has 6 rings (SSSR count). The summed E-state index contributed by atoms with van der Waals surface area (Å²) < 4.78 is 6.35. The smallest absolute Gasteiger partial charge is 0.127 e. The van der Waals surface area contributed by atoms with Crippen molar-refractivity contribution in [2.75, 3.05) is 9.80 Å². The number of benzene rings is 6. The standard InChI is InChI=1S/C43H42N2O/c1-29-8-13-36(14-9-29)44(39-15-10-30(2)33(5)26-39)37-18-22-42(23-19-37)46-43-24-20-38(21-25-43)45(40-16-11-31(3)34(6)27-40)41-17-12-32(4)35(7)28-41/h8-28H,1-7H3. The first kappa shape index (κ1) is 30.7. The van der Waals surface area contributed by atoms with Crippen LogP contribution in [0.15, 0.2) is 127 Å². The van der Waals surface area contributed by atoms with Gasteiger partial charge in [0.25, 0.3) is 0 Å². The van der Waals surface area contributed by atoms with Gasteiger partial charge in [-0.05, 0) is 179 Å². The first-order valence-electron chi connectivity index (χ1n) is 15.9. The molecule has 6 aromatic carbocycles. The summed E-state index contributed by atoms with van der Waals surface area (Å²) in [5, 5.41) is 0. The number of nitrogens with zero attached hydrogens (tertiary/aromatic N) is 2. The second-order valence-electron chi connectivity index (χ2n) is 12.4. The zero-order valence-electron chi connectivity index (χ0n) is 27.9. The lowest BCUT2D eigenvalue weighted by Crippen LogP contribution is -2.10. The van der Waals surface area contributed by atoms with Crippen LogP contribution in [0.2, 0.25) is 0 Å². The van der Waals surface area contributed by atoms with Crippen molar-refractivity contribution in [2.24, 2.45) is 0 Å². The maximum atomic E-state index is 6.35. The van der Waals surface area contributed by atoms with Crippen LogP contribution in [-0.2, 0) is 0 Å². The van der Waals surface area contributed by atoms with E-state index < -0.39 is 0 Å². The highest BCUT2D eigenvalue weighted by atomic mass is 16.5. The van der Waals surface area contributed by atoms with E-state index in [2.05, 4.69) is 161 Å². The van der Waals surface area contributed by atoms with Crippen molar-refractivity contribution in [3.63, 3.8) is 0 Å². The monoisotopic (exact) mass is 602 g/mol. The molecule has 0 aliphatic rings. The zero-order chi connectivity index (χ0) is 32.4. The summed E-state index contributed by atoms with van der Waals surface area (Å²) in [4.78, 5) is 4.60. The number of rotatable bonds is 8. The maximum absolute atomic E-state index is 6.35. The van der Waals surface area contributed by atoms with Gasteiger partial charge in [-0.25, -0.2) is 0 Å². The molecule has 0 bridgehead atoms. The summed E-state index contributed by atoms with van der Waals surface area (Å²) in [5.41, 5.74) is 15.6. The molecule has 0 N–H and O–H groups in total. The molecule has 0 amide bonds. The van der Waals surface area contributed by atoms with Crippen molar-refractivity contribution in [3.05, 3.63) is 166 Å². The predicted molar refractivity (Wildman–Crippen MR) is 195 cm³/mol. The molecule has 0 saturated heterocycles. The van der Waals surface area contributed by atoms with E-state index in [0.717, 1.165) is 45.6 Å².